The molecule has 17 nitrogen and oxygen atoms in total. The summed E-state index contributed by atoms with van der Waals surface area (Å²) in [6, 6.07) is 17.3. The van der Waals surface area contributed by atoms with E-state index in [1.54, 1.807) is 59.9 Å². The molecule has 1 fully saturated rings. The minimum Gasteiger partial charge on any atom is -0.465 e. The van der Waals surface area contributed by atoms with Gasteiger partial charge in [-0.2, -0.15) is 36.5 Å². The zero-order valence-corrected chi connectivity index (χ0v) is 58.8. The second-order valence-electron chi connectivity index (χ2n) is 23.2. The molecule has 1 aliphatic rings. The average Bonchev–Trinajstić information content (AvgIpc) is 1.65. The minimum absolute atomic E-state index is 0.0438. The van der Waals surface area contributed by atoms with Gasteiger partial charge in [-0.05, 0) is 162 Å². The summed E-state index contributed by atoms with van der Waals surface area (Å²) in [5.74, 6) is -0.367. The Kier molecular flexibility index (Phi) is 30.9. The largest absolute Gasteiger partial charge is 0.465 e. The van der Waals surface area contributed by atoms with Crippen molar-refractivity contribution in [2.75, 3.05) is 25.6 Å². The van der Waals surface area contributed by atoms with Crippen LogP contribution in [-0.4, -0.2) is 106 Å². The predicted octanol–water partition coefficient (Wildman–Crippen LogP) is 16.6. The Morgan fingerprint density at radius 2 is 1.07 bits per heavy atom. The van der Waals surface area contributed by atoms with Crippen LogP contribution < -0.4 is 5.73 Å². The number of imidazole rings is 3. The zero-order chi connectivity index (χ0) is 71.4. The van der Waals surface area contributed by atoms with Crippen molar-refractivity contribution in [1.82, 2.24) is 48.6 Å². The number of nitrogens with zero attached hydrogens (tertiary/aromatic N) is 9. The summed E-state index contributed by atoms with van der Waals surface area (Å²) in [5.41, 5.74) is 10.0. The molecule has 5 N–H and O–H groups in total. The molecule has 0 spiro atoms. The van der Waals surface area contributed by atoms with Crippen LogP contribution in [0.1, 0.15) is 174 Å². The topological polar surface area (TPSA) is 227 Å². The number of nitrogens with one attached hydrogen (secondary N) is 1. The summed E-state index contributed by atoms with van der Waals surface area (Å²) in [6.45, 7) is 15.5. The lowest BCUT2D eigenvalue weighted by molar-refractivity contribution is -0.142. The van der Waals surface area contributed by atoms with Gasteiger partial charge in [-0.15, -0.1) is 0 Å². The highest BCUT2D eigenvalue weighted by Crippen LogP contribution is 2.38. The van der Waals surface area contributed by atoms with E-state index in [9.17, 15) is 53.9 Å². The van der Waals surface area contributed by atoms with Gasteiger partial charge in [-0.1, -0.05) is 96.6 Å². The summed E-state index contributed by atoms with van der Waals surface area (Å²) in [6.07, 6.45) is 2.00. The number of carbonyl (C=O) groups excluding carboxylic acids is 3. The van der Waals surface area contributed by atoms with Crippen molar-refractivity contribution in [3.8, 4) is 17.1 Å². The number of alkyl halides is 8. The number of H-pyrrole nitrogens is 1. The number of halogens is 13. The lowest BCUT2D eigenvalue weighted by atomic mass is 9.98. The Labute approximate surface area is 577 Å². The third-order valence-corrected chi connectivity index (χ3v) is 17.6. The van der Waals surface area contributed by atoms with Crippen LogP contribution in [0.2, 0.25) is 10.0 Å². The number of Topliss-reactive ketones (excluding diaryl/α,β-unsaturated/α-hetero) is 2. The number of aromatic nitrogens is 10. The number of rotatable bonds is 21. The van der Waals surface area contributed by atoms with Gasteiger partial charge in [0.2, 0.25) is 0 Å². The highest BCUT2D eigenvalue weighted by molar-refractivity contribution is 9.10. The first-order valence-electron chi connectivity index (χ1n) is 30.8. The van der Waals surface area contributed by atoms with Gasteiger partial charge in [0.1, 0.15) is 40.5 Å². The minimum atomic E-state index is -4.76. The first-order valence-corrected chi connectivity index (χ1v) is 33.3. The smallest absolute Gasteiger partial charge is 0.436 e. The van der Waals surface area contributed by atoms with Gasteiger partial charge in [-0.3, -0.25) is 24.2 Å². The van der Waals surface area contributed by atoms with Crippen LogP contribution in [-0.2, 0) is 44.3 Å². The number of benzene rings is 3. The summed E-state index contributed by atoms with van der Waals surface area (Å²) < 4.78 is 127. The number of hydrogen-bond acceptors (Lipinski definition) is 12. The number of hydrogen-bond donors (Lipinski definition) is 4. The van der Waals surface area contributed by atoms with Crippen LogP contribution in [0.4, 0.5) is 45.3 Å². The van der Waals surface area contributed by atoms with E-state index in [1.807, 2.05) is 36.8 Å². The SMILES string of the molecule is CC(C)c1c(CC(=O)C(Br)CCCCO)ncn1-c1ccc(F)cc1.CC(C)c1c(N)ncn1-c1ccc(F)cc1.Cc1[nH]nc(C(F)(F)F)c1Cl.Cc1c(Cl)c(C(F)(F)F)nn1C(CCCCO)C(=O)Cc1ncn(-c2ccc(F)cc2)c1C(C)C.O=C1OCCCCC1Br. The molecule has 96 heavy (non-hydrogen) atoms. The van der Waals surface area contributed by atoms with E-state index in [1.165, 1.54) is 50.2 Å². The van der Waals surface area contributed by atoms with Crippen molar-refractivity contribution in [1.29, 1.82) is 0 Å². The molecule has 6 heterocycles. The molecule has 5 aromatic heterocycles. The van der Waals surface area contributed by atoms with Gasteiger partial charge in [0.05, 0.1) is 75.4 Å². The number of cyclic esters (lactones) is 1. The lowest BCUT2D eigenvalue weighted by Crippen LogP contribution is -2.25. The van der Waals surface area contributed by atoms with E-state index in [-0.39, 0.29) is 111 Å². The monoisotopic (exact) mass is 1520 g/mol. The van der Waals surface area contributed by atoms with Crippen molar-refractivity contribution in [2.45, 2.75) is 172 Å². The van der Waals surface area contributed by atoms with Gasteiger partial charge < -0.3 is 34.4 Å². The number of nitrogens with two attached hydrogens (primary N) is 1. The number of ketones is 2. The number of nitrogen functional groups attached to an aromatic ring is 1. The number of unbranched alkanes of at least 4 members (excludes halogenated alkanes) is 2. The van der Waals surface area contributed by atoms with E-state index in [0.29, 0.717) is 49.5 Å². The standard InChI is InChI=1S/C24H27ClF4N4O2.C19H24BrFN2O2.C12H14FN3.C6H9BrO2.C5H4ClF3N2/c1-14(2)22-18(30-13-32(22)17-9-7-16(26)8-10-17)12-20(35)19(6-4-5-11-34)33-15(3)21(25)23(31-33)24(27,28)29;1-13(2)19-17(11-18(25)16(20)5-3-4-10-24)22-12-23(19)15-8-6-14(21)7-9-15;1-8(2)11-12(14)15-7-16(11)10-5-3-9(13)4-6-10;7-5-3-1-2-4-9-6(5)8;1-2-3(6)4(11-10-2)5(7,8)9/h7-10,13-14,19,34H,4-6,11-12H2,1-3H3;6-9,12-13,16,24H,3-5,10-11H2,1-2H3;3-8H,14H2,1-2H3;5H,1-4H2;1H3,(H,10,11). The first-order chi connectivity index (χ1) is 45.2. The molecule has 8 aromatic rings. The fourth-order valence-electron chi connectivity index (χ4n) is 10.1. The molecule has 3 unspecified atom stereocenters. The van der Waals surface area contributed by atoms with E-state index in [4.69, 9.17) is 43.9 Å². The maximum atomic E-state index is 13.4. The normalized spacial score (nSPS) is 13.9. The van der Waals surface area contributed by atoms with Crippen molar-refractivity contribution < 1.29 is 68.8 Å². The lowest BCUT2D eigenvalue weighted by Gasteiger charge is -2.19. The second kappa shape index (κ2) is 37.2. The maximum Gasteiger partial charge on any atom is 0.436 e. The van der Waals surface area contributed by atoms with Gasteiger partial charge in [0.15, 0.2) is 23.0 Å². The number of aromatic amines is 1. The highest BCUT2D eigenvalue weighted by atomic mass is 79.9. The average molecular weight is 1520 g/mol. The second-order valence-corrected chi connectivity index (χ2v) is 26.2. The molecule has 3 aromatic carbocycles. The molecule has 0 radical (unpaired) electrons. The van der Waals surface area contributed by atoms with Crippen LogP contribution in [0.25, 0.3) is 17.1 Å². The van der Waals surface area contributed by atoms with Gasteiger partial charge >= 0.3 is 18.3 Å². The summed E-state index contributed by atoms with van der Waals surface area (Å²) in [7, 11) is 0. The molecule has 0 aliphatic carbocycles. The number of aliphatic hydroxyl groups excluding tert-OH is 2. The van der Waals surface area contributed by atoms with E-state index in [2.05, 4.69) is 76.0 Å². The highest BCUT2D eigenvalue weighted by Gasteiger charge is 2.40. The van der Waals surface area contributed by atoms with Crippen molar-refractivity contribution in [3.63, 3.8) is 0 Å². The zero-order valence-electron chi connectivity index (χ0n) is 54.1. The van der Waals surface area contributed by atoms with Crippen LogP contribution in [0, 0.1) is 31.3 Å². The number of aryl methyl sites for hydroxylation is 1. The van der Waals surface area contributed by atoms with Crippen molar-refractivity contribution in [2.24, 2.45) is 0 Å². The van der Waals surface area contributed by atoms with Crippen LogP contribution >= 0.6 is 55.1 Å². The molecule has 0 amide bonds. The van der Waals surface area contributed by atoms with E-state index < -0.39 is 34.8 Å². The molecule has 0 bridgehead atoms. The molecule has 9 rings (SSSR count). The maximum absolute atomic E-state index is 13.4. The van der Waals surface area contributed by atoms with Gasteiger partial charge in [0, 0.05) is 41.7 Å². The third kappa shape index (κ3) is 22.6. The Hall–Kier alpha value is -6.85. The quantitative estimate of drug-likeness (QED) is 0.0228. The van der Waals surface area contributed by atoms with E-state index in [0.717, 1.165) is 64.5 Å². The number of carbonyl (C=O) groups is 3. The Balaban J connectivity index is 0.000000236. The summed E-state index contributed by atoms with van der Waals surface area (Å²) in [4.78, 5) is 49.3. The molecule has 524 valence electrons. The van der Waals surface area contributed by atoms with Crippen LogP contribution in [0.5, 0.6) is 0 Å². The Morgan fingerprint density at radius 1 is 0.646 bits per heavy atom. The fourth-order valence-corrected chi connectivity index (χ4v) is 11.4. The van der Waals surface area contributed by atoms with Crippen LogP contribution in [0.15, 0.2) is 91.8 Å². The molecule has 0 saturated carbocycles. The predicted molar refractivity (Wildman–Crippen MR) is 356 cm³/mol. The third-order valence-electron chi connectivity index (χ3n) is 14.8. The van der Waals surface area contributed by atoms with Gasteiger partial charge in [-0.25, -0.2) is 28.1 Å². The fraction of sp³-hybridized carbons (Fsp3) is 0.455. The molecule has 30 heteroatoms. The Bertz CT molecular complexity index is 3760. The van der Waals surface area contributed by atoms with Crippen molar-refractivity contribution in [3.05, 3.63) is 171 Å². The molecular formula is C66H78Br2Cl2F9N11O6. The van der Waals surface area contributed by atoms with E-state index >= 15 is 0 Å². The molecule has 1 aliphatic heterocycles. The number of esters is 1. The summed E-state index contributed by atoms with van der Waals surface area (Å²) in [5, 5.41) is 25.9. The number of aliphatic hydroxyl groups is 2. The number of anilines is 1. The molecule has 1 saturated heterocycles. The Morgan fingerprint density at radius 3 is 1.47 bits per heavy atom. The number of ether oxygens (including phenoxy) is 1. The van der Waals surface area contributed by atoms with Crippen LogP contribution in [0.3, 0.4) is 0 Å². The van der Waals surface area contributed by atoms with Crippen molar-refractivity contribution >= 4 is 78.4 Å². The van der Waals surface area contributed by atoms with Gasteiger partial charge in [0.25, 0.3) is 0 Å². The first kappa shape index (κ1) is 79.8. The summed E-state index contributed by atoms with van der Waals surface area (Å²) >= 11 is 17.9. The molecular weight excluding hydrogens is 1440 g/mol. The molecule has 3 atom stereocenters.